The molecule has 1 aromatic heterocycles. The molecule has 1 N–H and O–H groups in total. The minimum Gasteiger partial charge on any atom is -0.356 e. The maximum Gasteiger partial charge on any atom is 0.171 e. The minimum atomic E-state index is 0.794. The molecule has 0 aliphatic rings. The summed E-state index contributed by atoms with van der Waals surface area (Å²) < 4.78 is 5.39. The molecular formula is C14H18N2O. The first-order chi connectivity index (χ1) is 8.22. The topological polar surface area (TPSA) is 38.1 Å². The van der Waals surface area contributed by atoms with Crippen molar-refractivity contribution < 1.29 is 4.52 Å². The van der Waals surface area contributed by atoms with Crippen molar-refractivity contribution in [1.29, 1.82) is 0 Å². The quantitative estimate of drug-likeness (QED) is 0.877. The van der Waals surface area contributed by atoms with Gasteiger partial charge in [-0.3, -0.25) is 0 Å². The predicted molar refractivity (Wildman–Crippen MR) is 68.8 cm³/mol. The van der Waals surface area contributed by atoms with E-state index < -0.39 is 0 Å². The highest BCUT2D eigenvalue weighted by atomic mass is 16.5. The van der Waals surface area contributed by atoms with Gasteiger partial charge in [0.1, 0.15) is 0 Å². The van der Waals surface area contributed by atoms with Crippen molar-refractivity contribution in [3.8, 4) is 11.3 Å². The Bertz CT molecular complexity index is 503. The van der Waals surface area contributed by atoms with Crippen molar-refractivity contribution in [3.63, 3.8) is 0 Å². The Morgan fingerprint density at radius 2 is 2.12 bits per heavy atom. The molecule has 2 rings (SSSR count). The molecule has 3 heteroatoms. The number of hydrogen-bond donors (Lipinski definition) is 1. The SMILES string of the molecule is CCNCc1cnoc1-c1cc(C)ccc1C. The summed E-state index contributed by atoms with van der Waals surface area (Å²) in [6, 6.07) is 6.37. The molecule has 0 bridgehead atoms. The number of hydrogen-bond acceptors (Lipinski definition) is 3. The van der Waals surface area contributed by atoms with Crippen LogP contribution in [0.3, 0.4) is 0 Å². The Labute approximate surface area is 102 Å². The average molecular weight is 230 g/mol. The molecule has 1 aromatic carbocycles. The minimum absolute atomic E-state index is 0.794. The largest absolute Gasteiger partial charge is 0.356 e. The van der Waals surface area contributed by atoms with Crippen molar-refractivity contribution in [2.24, 2.45) is 0 Å². The van der Waals surface area contributed by atoms with Crippen LogP contribution in [0.1, 0.15) is 23.6 Å². The van der Waals surface area contributed by atoms with E-state index in [4.69, 9.17) is 4.52 Å². The first-order valence-electron chi connectivity index (χ1n) is 5.94. The summed E-state index contributed by atoms with van der Waals surface area (Å²) in [5.41, 5.74) is 4.69. The Kier molecular flexibility index (Phi) is 3.59. The van der Waals surface area contributed by atoms with Gasteiger partial charge in [0.25, 0.3) is 0 Å². The van der Waals surface area contributed by atoms with E-state index in [0.29, 0.717) is 0 Å². The van der Waals surface area contributed by atoms with Crippen molar-refractivity contribution in [2.75, 3.05) is 6.54 Å². The van der Waals surface area contributed by atoms with Crippen molar-refractivity contribution >= 4 is 0 Å². The summed E-state index contributed by atoms with van der Waals surface area (Å²) in [5, 5.41) is 7.20. The highest BCUT2D eigenvalue weighted by molar-refractivity contribution is 5.65. The van der Waals surface area contributed by atoms with E-state index >= 15 is 0 Å². The van der Waals surface area contributed by atoms with Gasteiger partial charge in [0.05, 0.1) is 6.20 Å². The molecule has 0 amide bonds. The lowest BCUT2D eigenvalue weighted by molar-refractivity contribution is 0.431. The highest BCUT2D eigenvalue weighted by Gasteiger charge is 2.12. The molecule has 0 saturated heterocycles. The van der Waals surface area contributed by atoms with E-state index in [1.165, 1.54) is 11.1 Å². The molecule has 0 atom stereocenters. The second-order valence-electron chi connectivity index (χ2n) is 4.28. The fraction of sp³-hybridized carbons (Fsp3) is 0.357. The van der Waals surface area contributed by atoms with E-state index in [9.17, 15) is 0 Å². The number of nitrogens with zero attached hydrogens (tertiary/aromatic N) is 1. The zero-order chi connectivity index (χ0) is 12.3. The van der Waals surface area contributed by atoms with E-state index in [-0.39, 0.29) is 0 Å². The molecule has 17 heavy (non-hydrogen) atoms. The molecular weight excluding hydrogens is 212 g/mol. The summed E-state index contributed by atoms with van der Waals surface area (Å²) in [4.78, 5) is 0. The summed E-state index contributed by atoms with van der Waals surface area (Å²) in [6.07, 6.45) is 1.79. The summed E-state index contributed by atoms with van der Waals surface area (Å²) in [6.45, 7) is 8.00. The van der Waals surface area contributed by atoms with Gasteiger partial charge in [-0.05, 0) is 32.0 Å². The van der Waals surface area contributed by atoms with Crippen LogP contribution in [-0.4, -0.2) is 11.7 Å². The van der Waals surface area contributed by atoms with Crippen LogP contribution in [0.4, 0.5) is 0 Å². The fourth-order valence-corrected chi connectivity index (χ4v) is 1.85. The Balaban J connectivity index is 2.38. The first-order valence-corrected chi connectivity index (χ1v) is 5.94. The van der Waals surface area contributed by atoms with Crippen LogP contribution in [0.5, 0.6) is 0 Å². The van der Waals surface area contributed by atoms with Crippen LogP contribution in [-0.2, 0) is 6.54 Å². The lowest BCUT2D eigenvalue weighted by Gasteiger charge is -2.06. The van der Waals surface area contributed by atoms with Crippen LogP contribution >= 0.6 is 0 Å². The summed E-state index contributed by atoms with van der Waals surface area (Å²) >= 11 is 0. The van der Waals surface area contributed by atoms with E-state index in [0.717, 1.165) is 30.0 Å². The van der Waals surface area contributed by atoms with Crippen LogP contribution in [0.15, 0.2) is 28.9 Å². The molecule has 90 valence electrons. The third-order valence-electron chi connectivity index (χ3n) is 2.85. The number of aromatic nitrogens is 1. The summed E-state index contributed by atoms with van der Waals surface area (Å²) in [5.74, 6) is 0.882. The molecule has 0 saturated carbocycles. The number of nitrogens with one attached hydrogen (secondary N) is 1. The van der Waals surface area contributed by atoms with Crippen LogP contribution in [0.2, 0.25) is 0 Å². The van der Waals surface area contributed by atoms with Crippen molar-refractivity contribution in [2.45, 2.75) is 27.3 Å². The third-order valence-corrected chi connectivity index (χ3v) is 2.85. The van der Waals surface area contributed by atoms with Gasteiger partial charge < -0.3 is 9.84 Å². The van der Waals surface area contributed by atoms with Gasteiger partial charge in [-0.15, -0.1) is 0 Å². The standard InChI is InChI=1S/C14H18N2O/c1-4-15-8-12-9-16-17-14(12)13-7-10(2)5-6-11(13)3/h5-7,9,15H,4,8H2,1-3H3. The van der Waals surface area contributed by atoms with Gasteiger partial charge in [-0.1, -0.05) is 29.8 Å². The van der Waals surface area contributed by atoms with Gasteiger partial charge in [-0.25, -0.2) is 0 Å². The molecule has 0 aliphatic carbocycles. The smallest absolute Gasteiger partial charge is 0.171 e. The van der Waals surface area contributed by atoms with E-state index in [2.05, 4.69) is 49.4 Å². The maximum absolute atomic E-state index is 5.39. The molecule has 0 spiro atoms. The Hall–Kier alpha value is -1.61. The Morgan fingerprint density at radius 1 is 1.29 bits per heavy atom. The van der Waals surface area contributed by atoms with Crippen LogP contribution in [0.25, 0.3) is 11.3 Å². The molecule has 0 fully saturated rings. The number of rotatable bonds is 4. The van der Waals surface area contributed by atoms with E-state index in [1.54, 1.807) is 6.20 Å². The van der Waals surface area contributed by atoms with Gasteiger partial charge in [0.2, 0.25) is 0 Å². The number of benzene rings is 1. The number of aryl methyl sites for hydroxylation is 2. The second-order valence-corrected chi connectivity index (χ2v) is 4.28. The van der Waals surface area contributed by atoms with Gasteiger partial charge >= 0.3 is 0 Å². The van der Waals surface area contributed by atoms with Gasteiger partial charge in [0.15, 0.2) is 5.76 Å². The maximum atomic E-state index is 5.39. The molecule has 0 unspecified atom stereocenters. The molecule has 0 aliphatic heterocycles. The van der Waals surface area contributed by atoms with Crippen molar-refractivity contribution in [1.82, 2.24) is 10.5 Å². The second kappa shape index (κ2) is 5.15. The Morgan fingerprint density at radius 3 is 2.88 bits per heavy atom. The first kappa shape index (κ1) is 11.9. The molecule has 3 nitrogen and oxygen atoms in total. The predicted octanol–water partition coefficient (Wildman–Crippen LogP) is 3.07. The molecule has 0 radical (unpaired) electrons. The van der Waals surface area contributed by atoms with Crippen LogP contribution in [0, 0.1) is 13.8 Å². The van der Waals surface area contributed by atoms with E-state index in [1.807, 2.05) is 0 Å². The lowest BCUT2D eigenvalue weighted by atomic mass is 10.0. The molecule has 1 heterocycles. The molecule has 2 aromatic rings. The summed E-state index contributed by atoms with van der Waals surface area (Å²) in [7, 11) is 0. The fourth-order valence-electron chi connectivity index (χ4n) is 1.85. The average Bonchev–Trinajstić information content (AvgIpc) is 2.77. The zero-order valence-corrected chi connectivity index (χ0v) is 10.6. The third kappa shape index (κ3) is 2.56. The zero-order valence-electron chi connectivity index (χ0n) is 10.6. The highest BCUT2D eigenvalue weighted by Crippen LogP contribution is 2.27. The van der Waals surface area contributed by atoms with Gasteiger partial charge in [-0.2, -0.15) is 0 Å². The normalized spacial score (nSPS) is 10.8. The van der Waals surface area contributed by atoms with Gasteiger partial charge in [0, 0.05) is 17.7 Å². The van der Waals surface area contributed by atoms with Crippen LogP contribution < -0.4 is 5.32 Å². The lowest BCUT2D eigenvalue weighted by Crippen LogP contribution is -2.11. The monoisotopic (exact) mass is 230 g/mol. The van der Waals surface area contributed by atoms with Crippen molar-refractivity contribution in [3.05, 3.63) is 41.1 Å².